The van der Waals surface area contributed by atoms with Gasteiger partial charge in [-0.3, -0.25) is 4.79 Å². The lowest BCUT2D eigenvalue weighted by Gasteiger charge is -2.11. The molecular formula is C23H18ClNO4. The third-order valence-corrected chi connectivity index (χ3v) is 4.56. The number of carbonyl (C=O) groups is 2. The quantitative estimate of drug-likeness (QED) is 0.571. The van der Waals surface area contributed by atoms with Gasteiger partial charge in [0.2, 0.25) is 0 Å². The van der Waals surface area contributed by atoms with E-state index in [0.717, 1.165) is 11.1 Å². The Labute approximate surface area is 173 Å². The molecule has 2 N–H and O–H groups in total. The van der Waals surface area contributed by atoms with Crippen LogP contribution in [0.4, 0.5) is 0 Å². The van der Waals surface area contributed by atoms with E-state index in [-0.39, 0.29) is 5.70 Å². The highest BCUT2D eigenvalue weighted by Gasteiger charge is 2.15. The van der Waals surface area contributed by atoms with E-state index in [2.05, 4.69) is 5.32 Å². The number of benzene rings is 3. The smallest absolute Gasteiger partial charge is 0.352 e. The van der Waals surface area contributed by atoms with Crippen molar-refractivity contribution in [2.24, 2.45) is 0 Å². The van der Waals surface area contributed by atoms with Gasteiger partial charge in [-0.1, -0.05) is 54.1 Å². The van der Waals surface area contributed by atoms with E-state index in [1.165, 1.54) is 13.2 Å². The van der Waals surface area contributed by atoms with Gasteiger partial charge in [-0.2, -0.15) is 0 Å². The summed E-state index contributed by atoms with van der Waals surface area (Å²) in [6.07, 6.45) is 1.36. The Morgan fingerprint density at radius 1 is 1.00 bits per heavy atom. The molecule has 0 atom stereocenters. The second-order valence-electron chi connectivity index (χ2n) is 6.12. The first-order valence-electron chi connectivity index (χ1n) is 8.74. The van der Waals surface area contributed by atoms with Crippen molar-refractivity contribution in [1.29, 1.82) is 0 Å². The summed E-state index contributed by atoms with van der Waals surface area (Å²) in [5.41, 5.74) is 2.18. The molecule has 3 rings (SSSR count). The largest absolute Gasteiger partial charge is 0.496 e. The van der Waals surface area contributed by atoms with Crippen molar-refractivity contribution in [3.8, 4) is 16.9 Å². The van der Waals surface area contributed by atoms with Gasteiger partial charge >= 0.3 is 5.97 Å². The second kappa shape index (κ2) is 9.08. The van der Waals surface area contributed by atoms with E-state index >= 15 is 0 Å². The molecule has 3 aromatic rings. The summed E-state index contributed by atoms with van der Waals surface area (Å²) in [6, 6.07) is 21.1. The molecule has 29 heavy (non-hydrogen) atoms. The van der Waals surface area contributed by atoms with Crippen molar-refractivity contribution in [1.82, 2.24) is 5.32 Å². The first-order valence-corrected chi connectivity index (χ1v) is 9.11. The molecule has 0 aliphatic heterocycles. The Morgan fingerprint density at radius 3 is 2.34 bits per heavy atom. The monoisotopic (exact) mass is 407 g/mol. The van der Waals surface area contributed by atoms with Crippen LogP contribution >= 0.6 is 11.6 Å². The molecular weight excluding hydrogens is 390 g/mol. The maximum absolute atomic E-state index is 12.4. The number of aliphatic carboxylic acids is 1. The molecule has 0 aliphatic carbocycles. The Bertz CT molecular complexity index is 1080. The summed E-state index contributed by atoms with van der Waals surface area (Å²) in [4.78, 5) is 24.1. The molecule has 3 aromatic carbocycles. The molecule has 0 fully saturated rings. The van der Waals surface area contributed by atoms with Gasteiger partial charge in [0.1, 0.15) is 11.4 Å². The number of hydrogen-bond donors (Lipinski definition) is 2. The number of amides is 1. The molecule has 0 aromatic heterocycles. The SMILES string of the molecule is COc1ccc(-c2ccccc2Cl)cc1/C=C(/NC(=O)c1ccccc1)C(=O)O. The van der Waals surface area contributed by atoms with Crippen LogP contribution in [0.1, 0.15) is 15.9 Å². The zero-order valence-corrected chi connectivity index (χ0v) is 16.3. The van der Waals surface area contributed by atoms with Gasteiger partial charge in [-0.05, 0) is 42.0 Å². The van der Waals surface area contributed by atoms with Gasteiger partial charge in [0.25, 0.3) is 5.91 Å². The molecule has 0 spiro atoms. The zero-order valence-electron chi connectivity index (χ0n) is 15.6. The minimum absolute atomic E-state index is 0.270. The molecule has 1 amide bonds. The third-order valence-electron chi connectivity index (χ3n) is 4.23. The van der Waals surface area contributed by atoms with Crippen molar-refractivity contribution >= 4 is 29.6 Å². The number of carboxylic acids is 1. The molecule has 0 saturated carbocycles. The van der Waals surface area contributed by atoms with Gasteiger partial charge in [-0.25, -0.2) is 4.79 Å². The lowest BCUT2D eigenvalue weighted by atomic mass is 10.0. The van der Waals surface area contributed by atoms with Crippen LogP contribution in [-0.4, -0.2) is 24.1 Å². The average Bonchev–Trinajstić information content (AvgIpc) is 2.74. The number of ether oxygens (including phenoxy) is 1. The molecule has 6 heteroatoms. The fraction of sp³-hybridized carbons (Fsp3) is 0.0435. The van der Waals surface area contributed by atoms with Gasteiger partial charge in [-0.15, -0.1) is 0 Å². The fourth-order valence-electron chi connectivity index (χ4n) is 2.80. The molecule has 0 radical (unpaired) electrons. The summed E-state index contributed by atoms with van der Waals surface area (Å²) in [7, 11) is 1.49. The van der Waals surface area contributed by atoms with Crippen LogP contribution in [0.2, 0.25) is 5.02 Å². The highest BCUT2D eigenvalue weighted by atomic mass is 35.5. The maximum atomic E-state index is 12.4. The van der Waals surface area contributed by atoms with E-state index in [0.29, 0.717) is 21.9 Å². The summed E-state index contributed by atoms with van der Waals surface area (Å²) in [5, 5.41) is 12.6. The number of carboxylic acid groups (broad SMARTS) is 1. The molecule has 0 aliphatic rings. The zero-order chi connectivity index (χ0) is 20.8. The molecule has 146 valence electrons. The molecule has 5 nitrogen and oxygen atoms in total. The number of halogens is 1. The van der Waals surface area contributed by atoms with Crippen LogP contribution < -0.4 is 10.1 Å². The Hall–Kier alpha value is -3.57. The van der Waals surface area contributed by atoms with Crippen LogP contribution in [0, 0.1) is 0 Å². The van der Waals surface area contributed by atoms with Crippen molar-refractivity contribution in [2.75, 3.05) is 7.11 Å². The van der Waals surface area contributed by atoms with E-state index in [1.54, 1.807) is 48.5 Å². The van der Waals surface area contributed by atoms with Crippen LogP contribution in [0.3, 0.4) is 0 Å². The normalized spacial score (nSPS) is 11.0. The van der Waals surface area contributed by atoms with E-state index < -0.39 is 11.9 Å². The topological polar surface area (TPSA) is 75.6 Å². The van der Waals surface area contributed by atoms with Crippen molar-refractivity contribution < 1.29 is 19.4 Å². The van der Waals surface area contributed by atoms with E-state index in [9.17, 15) is 14.7 Å². The predicted molar refractivity (Wildman–Crippen MR) is 113 cm³/mol. The van der Waals surface area contributed by atoms with Crippen LogP contribution in [0.15, 0.2) is 78.5 Å². The number of rotatable bonds is 6. The standard InChI is InChI=1S/C23H18ClNO4/c1-29-21-12-11-16(18-9-5-6-10-19(18)24)13-17(21)14-20(23(27)28)25-22(26)15-7-3-2-4-8-15/h2-14H,1H3,(H,25,26)(H,27,28)/b20-14+. The number of nitrogens with one attached hydrogen (secondary N) is 1. The van der Waals surface area contributed by atoms with Gasteiger partial charge < -0.3 is 15.2 Å². The second-order valence-corrected chi connectivity index (χ2v) is 6.53. The number of carbonyl (C=O) groups excluding carboxylic acids is 1. The first kappa shape index (κ1) is 20.2. The summed E-state index contributed by atoms with van der Waals surface area (Å²) < 4.78 is 5.35. The van der Waals surface area contributed by atoms with Crippen molar-refractivity contribution in [2.45, 2.75) is 0 Å². The van der Waals surface area contributed by atoms with E-state index in [1.807, 2.05) is 24.3 Å². The Morgan fingerprint density at radius 2 is 1.69 bits per heavy atom. The number of methoxy groups -OCH3 is 1. The predicted octanol–water partition coefficient (Wildman–Crippen LogP) is 4.87. The van der Waals surface area contributed by atoms with Crippen LogP contribution in [0.25, 0.3) is 17.2 Å². The molecule has 0 bridgehead atoms. The molecule has 0 saturated heterocycles. The average molecular weight is 408 g/mol. The first-order chi connectivity index (χ1) is 14.0. The summed E-state index contributed by atoms with van der Waals surface area (Å²) >= 11 is 6.28. The minimum Gasteiger partial charge on any atom is -0.496 e. The van der Waals surface area contributed by atoms with Crippen molar-refractivity contribution in [3.63, 3.8) is 0 Å². The molecule has 0 heterocycles. The number of hydrogen-bond acceptors (Lipinski definition) is 3. The Kier molecular flexibility index (Phi) is 6.32. The van der Waals surface area contributed by atoms with Crippen molar-refractivity contribution in [3.05, 3.63) is 94.6 Å². The lowest BCUT2D eigenvalue weighted by Crippen LogP contribution is -2.27. The Balaban J connectivity index is 2.00. The highest BCUT2D eigenvalue weighted by Crippen LogP contribution is 2.32. The minimum atomic E-state index is -1.26. The van der Waals surface area contributed by atoms with Crippen LogP contribution in [-0.2, 0) is 4.79 Å². The van der Waals surface area contributed by atoms with Gasteiger partial charge in [0, 0.05) is 21.7 Å². The van der Waals surface area contributed by atoms with Crippen LogP contribution in [0.5, 0.6) is 5.75 Å². The van der Waals surface area contributed by atoms with Gasteiger partial charge in [0.15, 0.2) is 0 Å². The summed E-state index contributed by atoms with van der Waals surface area (Å²) in [5.74, 6) is -1.31. The van der Waals surface area contributed by atoms with E-state index in [4.69, 9.17) is 16.3 Å². The third kappa shape index (κ3) is 4.83. The molecule has 0 unspecified atom stereocenters. The fourth-order valence-corrected chi connectivity index (χ4v) is 3.05. The lowest BCUT2D eigenvalue weighted by molar-refractivity contribution is -0.132. The van der Waals surface area contributed by atoms with Gasteiger partial charge in [0.05, 0.1) is 7.11 Å². The summed E-state index contributed by atoms with van der Waals surface area (Å²) in [6.45, 7) is 0. The maximum Gasteiger partial charge on any atom is 0.352 e. The highest BCUT2D eigenvalue weighted by molar-refractivity contribution is 6.33.